The molecule has 0 spiro atoms. The molecule has 6 heteroatoms. The molecular weight excluding hydrogens is 236 g/mol. The van der Waals surface area contributed by atoms with Crippen molar-refractivity contribution in [2.24, 2.45) is 0 Å². The summed E-state index contributed by atoms with van der Waals surface area (Å²) in [5, 5.41) is 14.0. The van der Waals surface area contributed by atoms with Crippen LogP contribution in [0.2, 0.25) is 0 Å². The zero-order valence-electron chi connectivity index (χ0n) is 10.4. The summed E-state index contributed by atoms with van der Waals surface area (Å²) in [6.45, 7) is 0. The predicted molar refractivity (Wildman–Crippen MR) is 64.8 cm³/mol. The fourth-order valence-corrected chi connectivity index (χ4v) is 1.94. The molecule has 0 saturated heterocycles. The summed E-state index contributed by atoms with van der Waals surface area (Å²) < 4.78 is 0. The monoisotopic (exact) mass is 254 g/mol. The number of carboxylic acids is 1. The van der Waals surface area contributed by atoms with E-state index in [-0.39, 0.29) is 23.9 Å². The number of hydrogen-bond acceptors (Lipinski definition) is 3. The van der Waals surface area contributed by atoms with Gasteiger partial charge in [-0.15, -0.1) is 0 Å². The van der Waals surface area contributed by atoms with E-state index in [4.69, 9.17) is 5.11 Å². The Morgan fingerprint density at radius 1 is 1.28 bits per heavy atom. The topological polar surface area (TPSA) is 95.5 Å². The van der Waals surface area contributed by atoms with Gasteiger partial charge in [0.15, 0.2) is 0 Å². The zero-order valence-corrected chi connectivity index (χ0v) is 10.4. The molecule has 0 radical (unpaired) electrons. The highest BCUT2D eigenvalue weighted by atomic mass is 16.4. The molecule has 0 aromatic carbocycles. The second kappa shape index (κ2) is 6.78. The molecule has 0 aliphatic heterocycles. The average molecular weight is 254 g/mol. The van der Waals surface area contributed by atoms with Crippen molar-refractivity contribution in [3.05, 3.63) is 11.6 Å². The van der Waals surface area contributed by atoms with E-state index in [0.717, 1.165) is 31.8 Å². The summed E-state index contributed by atoms with van der Waals surface area (Å²) in [6, 6.07) is 0.146. The van der Waals surface area contributed by atoms with E-state index < -0.39 is 11.9 Å². The zero-order chi connectivity index (χ0) is 13.5. The van der Waals surface area contributed by atoms with E-state index in [0.29, 0.717) is 0 Å². The Bertz CT molecular complexity index is 370. The smallest absolute Gasteiger partial charge is 0.332 e. The third-order valence-corrected chi connectivity index (χ3v) is 2.90. The Balaban J connectivity index is 2.55. The van der Waals surface area contributed by atoms with Crippen LogP contribution < -0.4 is 10.6 Å². The molecule has 1 saturated carbocycles. The van der Waals surface area contributed by atoms with Gasteiger partial charge in [0.05, 0.1) is 12.0 Å². The van der Waals surface area contributed by atoms with Crippen molar-refractivity contribution in [1.82, 2.24) is 10.6 Å². The number of aliphatic carboxylic acids is 1. The Kier molecular flexibility index (Phi) is 5.35. The maximum absolute atomic E-state index is 11.6. The van der Waals surface area contributed by atoms with Crippen LogP contribution in [0.15, 0.2) is 11.6 Å². The summed E-state index contributed by atoms with van der Waals surface area (Å²) in [7, 11) is 1.40. The lowest BCUT2D eigenvalue weighted by molar-refractivity contribution is -0.134. The number of carbonyl (C=O) groups is 3. The molecule has 1 aliphatic carbocycles. The van der Waals surface area contributed by atoms with Gasteiger partial charge < -0.3 is 15.7 Å². The number of likely N-dealkylation sites (N-methyl/N-ethyl adjacent to an activating group) is 1. The Morgan fingerprint density at radius 2 is 1.89 bits per heavy atom. The van der Waals surface area contributed by atoms with E-state index in [1.807, 2.05) is 0 Å². The van der Waals surface area contributed by atoms with Crippen LogP contribution in [0.5, 0.6) is 0 Å². The van der Waals surface area contributed by atoms with Gasteiger partial charge >= 0.3 is 5.97 Å². The summed E-state index contributed by atoms with van der Waals surface area (Å²) in [6.07, 6.45) is 4.71. The van der Waals surface area contributed by atoms with Crippen LogP contribution in [0.25, 0.3) is 0 Å². The molecule has 1 aliphatic rings. The summed E-state index contributed by atoms with van der Waals surface area (Å²) in [5.41, 5.74) is -0.204. The van der Waals surface area contributed by atoms with Crippen molar-refractivity contribution in [3.63, 3.8) is 0 Å². The normalized spacial score (nSPS) is 16.4. The van der Waals surface area contributed by atoms with E-state index in [2.05, 4.69) is 10.6 Å². The third kappa shape index (κ3) is 4.57. The molecule has 6 nitrogen and oxygen atoms in total. The summed E-state index contributed by atoms with van der Waals surface area (Å²) >= 11 is 0. The van der Waals surface area contributed by atoms with Gasteiger partial charge in [0, 0.05) is 19.2 Å². The van der Waals surface area contributed by atoms with Gasteiger partial charge in [-0.2, -0.15) is 0 Å². The molecule has 1 rings (SSSR count). The van der Waals surface area contributed by atoms with Crippen LogP contribution in [-0.2, 0) is 14.4 Å². The lowest BCUT2D eigenvalue weighted by Crippen LogP contribution is -2.33. The second-order valence-electron chi connectivity index (χ2n) is 4.31. The average Bonchev–Trinajstić information content (AvgIpc) is 2.80. The van der Waals surface area contributed by atoms with Crippen LogP contribution in [0, 0.1) is 0 Å². The van der Waals surface area contributed by atoms with Crippen LogP contribution in [-0.4, -0.2) is 36.0 Å². The molecule has 3 N–H and O–H groups in total. The van der Waals surface area contributed by atoms with Gasteiger partial charge in [-0.05, 0) is 12.8 Å². The highest BCUT2D eigenvalue weighted by molar-refractivity contribution is 6.01. The highest BCUT2D eigenvalue weighted by Gasteiger charge is 2.19. The largest absolute Gasteiger partial charge is 0.478 e. The van der Waals surface area contributed by atoms with Crippen molar-refractivity contribution in [1.29, 1.82) is 0 Å². The Labute approximate surface area is 105 Å². The number of nitrogens with one attached hydrogen (secondary N) is 2. The molecule has 100 valence electrons. The minimum Gasteiger partial charge on any atom is -0.478 e. The van der Waals surface area contributed by atoms with Gasteiger partial charge in [-0.3, -0.25) is 9.59 Å². The fraction of sp³-hybridized carbons (Fsp3) is 0.583. The Hall–Kier alpha value is -1.85. The van der Waals surface area contributed by atoms with Gasteiger partial charge in [0.1, 0.15) is 0 Å². The van der Waals surface area contributed by atoms with Crippen LogP contribution in [0.3, 0.4) is 0 Å². The summed E-state index contributed by atoms with van der Waals surface area (Å²) in [5.74, 6) is -2.12. The summed E-state index contributed by atoms with van der Waals surface area (Å²) in [4.78, 5) is 33.6. The maximum Gasteiger partial charge on any atom is 0.332 e. The van der Waals surface area contributed by atoms with Crippen molar-refractivity contribution in [3.8, 4) is 0 Å². The van der Waals surface area contributed by atoms with Crippen molar-refractivity contribution >= 4 is 17.8 Å². The number of carbonyl (C=O) groups excluding carboxylic acids is 2. The fourth-order valence-electron chi connectivity index (χ4n) is 1.94. The van der Waals surface area contributed by atoms with Gasteiger partial charge in [-0.25, -0.2) is 4.79 Å². The minimum absolute atomic E-state index is 0.146. The first-order chi connectivity index (χ1) is 8.52. The second-order valence-corrected chi connectivity index (χ2v) is 4.31. The first kappa shape index (κ1) is 14.2. The molecule has 0 aromatic rings. The first-order valence-corrected chi connectivity index (χ1v) is 5.98. The molecule has 0 atom stereocenters. The lowest BCUT2D eigenvalue weighted by atomic mass is 10.1. The quantitative estimate of drug-likeness (QED) is 0.610. The molecular formula is C12H18N2O4. The standard InChI is InChI=1S/C12H18N2O4/c1-13-10(15)6-8(12(17)18)7-11(16)14-9-4-2-3-5-9/h6,9H,2-5,7H2,1H3,(H,13,15)(H,14,16)(H,17,18)/b8-6-. The SMILES string of the molecule is CNC(=O)/C=C(/CC(=O)NC1CCCC1)C(=O)O. The van der Waals surface area contributed by atoms with E-state index in [1.54, 1.807) is 0 Å². The van der Waals surface area contributed by atoms with Crippen LogP contribution >= 0.6 is 0 Å². The Morgan fingerprint density at radius 3 is 2.39 bits per heavy atom. The highest BCUT2D eigenvalue weighted by Crippen LogP contribution is 2.18. The molecule has 0 heterocycles. The van der Waals surface area contributed by atoms with Gasteiger partial charge in [-0.1, -0.05) is 12.8 Å². The van der Waals surface area contributed by atoms with Gasteiger partial charge in [0.2, 0.25) is 11.8 Å². The minimum atomic E-state index is -1.25. The third-order valence-electron chi connectivity index (χ3n) is 2.90. The van der Waals surface area contributed by atoms with Crippen molar-refractivity contribution < 1.29 is 19.5 Å². The first-order valence-electron chi connectivity index (χ1n) is 5.98. The molecule has 0 bridgehead atoms. The molecule has 0 aromatic heterocycles. The van der Waals surface area contributed by atoms with E-state index in [1.165, 1.54) is 7.05 Å². The van der Waals surface area contributed by atoms with E-state index in [9.17, 15) is 14.4 Å². The van der Waals surface area contributed by atoms with Crippen molar-refractivity contribution in [2.45, 2.75) is 38.1 Å². The lowest BCUT2D eigenvalue weighted by Gasteiger charge is -2.11. The number of hydrogen-bond donors (Lipinski definition) is 3. The maximum atomic E-state index is 11.6. The number of rotatable bonds is 5. The number of amides is 2. The van der Waals surface area contributed by atoms with Crippen LogP contribution in [0.4, 0.5) is 0 Å². The predicted octanol–water partition coefficient (Wildman–Crippen LogP) is 0.192. The molecule has 0 unspecified atom stereocenters. The van der Waals surface area contributed by atoms with Crippen molar-refractivity contribution in [2.75, 3.05) is 7.05 Å². The van der Waals surface area contributed by atoms with Gasteiger partial charge in [0.25, 0.3) is 0 Å². The van der Waals surface area contributed by atoms with E-state index >= 15 is 0 Å². The molecule has 1 fully saturated rings. The molecule has 18 heavy (non-hydrogen) atoms. The van der Waals surface area contributed by atoms with Crippen LogP contribution in [0.1, 0.15) is 32.1 Å². The molecule has 2 amide bonds. The number of carboxylic acid groups (broad SMARTS) is 1.